The Balaban J connectivity index is 1.55. The van der Waals surface area contributed by atoms with Crippen molar-refractivity contribution in [2.75, 3.05) is 31.2 Å². The number of carbonyl (C=O) groups excluding carboxylic acids is 1. The van der Waals surface area contributed by atoms with Crippen molar-refractivity contribution in [3.8, 4) is 5.88 Å². The summed E-state index contributed by atoms with van der Waals surface area (Å²) in [7, 11) is 0. The van der Waals surface area contributed by atoms with Crippen molar-refractivity contribution in [3.05, 3.63) is 17.8 Å². The van der Waals surface area contributed by atoms with Gasteiger partial charge in [-0.1, -0.05) is 19.8 Å². The van der Waals surface area contributed by atoms with Crippen LogP contribution < -0.4 is 15.0 Å². The minimum Gasteiger partial charge on any atom is -0.477 e. The summed E-state index contributed by atoms with van der Waals surface area (Å²) >= 11 is 0. The van der Waals surface area contributed by atoms with Crippen LogP contribution in [0.1, 0.15) is 55.9 Å². The van der Waals surface area contributed by atoms with E-state index in [2.05, 4.69) is 10.3 Å². The molecule has 0 spiro atoms. The van der Waals surface area contributed by atoms with Gasteiger partial charge in [0, 0.05) is 6.07 Å². The van der Waals surface area contributed by atoms with Crippen molar-refractivity contribution in [3.63, 3.8) is 0 Å². The lowest BCUT2D eigenvalue weighted by Gasteiger charge is -2.41. The molecule has 0 unspecified atom stereocenters. The van der Waals surface area contributed by atoms with E-state index in [4.69, 9.17) is 4.74 Å². The van der Waals surface area contributed by atoms with E-state index < -0.39 is 30.5 Å². The van der Waals surface area contributed by atoms with Gasteiger partial charge in [0.1, 0.15) is 0 Å². The Morgan fingerprint density at radius 1 is 1.31 bits per heavy atom. The number of nitrogens with one attached hydrogen (secondary N) is 1. The molecule has 8 heteroatoms. The summed E-state index contributed by atoms with van der Waals surface area (Å²) < 4.78 is 32.5. The molecule has 0 bridgehead atoms. The highest BCUT2D eigenvalue weighted by Gasteiger charge is 2.45. The van der Waals surface area contributed by atoms with Gasteiger partial charge in [-0.25, -0.2) is 13.8 Å². The van der Waals surface area contributed by atoms with Gasteiger partial charge in [-0.05, 0) is 43.6 Å². The number of amides is 1. The summed E-state index contributed by atoms with van der Waals surface area (Å²) in [6.45, 7) is 1.45. The third-order valence-electron chi connectivity index (χ3n) is 6.15. The number of hydrogen-bond acceptors (Lipinski definition) is 5. The fraction of sp³-hybridized carbons (Fsp3) is 0.714. The largest absolute Gasteiger partial charge is 0.477 e. The molecule has 2 aliphatic carbocycles. The first-order valence-electron chi connectivity index (χ1n) is 10.5. The van der Waals surface area contributed by atoms with Crippen molar-refractivity contribution in [1.29, 1.82) is 0 Å². The van der Waals surface area contributed by atoms with Crippen LogP contribution in [-0.2, 0) is 0 Å². The second-order valence-corrected chi connectivity index (χ2v) is 8.88. The first-order chi connectivity index (χ1) is 13.8. The van der Waals surface area contributed by atoms with Crippen LogP contribution in [0.5, 0.6) is 5.88 Å². The summed E-state index contributed by atoms with van der Waals surface area (Å²) in [5.41, 5.74) is -0.265. The number of anilines is 1. The zero-order valence-electron chi connectivity index (χ0n) is 16.8. The molecule has 6 nitrogen and oxygen atoms in total. The number of carbonyl (C=O) groups is 1. The van der Waals surface area contributed by atoms with Crippen molar-refractivity contribution < 1.29 is 23.4 Å². The van der Waals surface area contributed by atoms with Crippen molar-refractivity contribution in [2.24, 2.45) is 11.8 Å². The predicted octanol–water partition coefficient (Wildman–Crippen LogP) is 3.00. The standard InChI is InChI=1S/C21H29F2N3O3/c1-2-20(13-27,9-14-3-4-14)25-19(28)18-16(26-11-21(22,23)12-26)7-8-17(24-18)29-10-15-5-6-15/h7-8,14-15,27H,2-6,9-13H2,1H3,(H,25,28)/t20-/m0/s1. The molecule has 2 saturated carbocycles. The van der Waals surface area contributed by atoms with Gasteiger partial charge in [-0.2, -0.15) is 0 Å². The van der Waals surface area contributed by atoms with Crippen LogP contribution >= 0.6 is 0 Å². The maximum atomic E-state index is 13.4. The third kappa shape index (κ3) is 4.79. The molecule has 0 radical (unpaired) electrons. The van der Waals surface area contributed by atoms with Crippen LogP contribution in [-0.4, -0.2) is 53.8 Å². The van der Waals surface area contributed by atoms with E-state index in [0.717, 1.165) is 25.7 Å². The number of halogens is 2. The van der Waals surface area contributed by atoms with Crippen molar-refractivity contribution in [2.45, 2.75) is 56.9 Å². The smallest absolute Gasteiger partial charge is 0.282 e. The molecule has 1 aromatic heterocycles. The summed E-state index contributed by atoms with van der Waals surface area (Å²) in [6, 6.07) is 3.26. The Bertz CT molecular complexity index is 754. The van der Waals surface area contributed by atoms with E-state index in [-0.39, 0.29) is 12.3 Å². The summed E-state index contributed by atoms with van der Waals surface area (Å²) in [6.07, 6.45) is 5.76. The molecule has 1 aromatic rings. The van der Waals surface area contributed by atoms with E-state index in [1.165, 1.54) is 4.90 Å². The summed E-state index contributed by atoms with van der Waals surface area (Å²) in [5, 5.41) is 13.0. The van der Waals surface area contributed by atoms with Gasteiger partial charge in [0.05, 0.1) is 37.5 Å². The average molecular weight is 409 g/mol. The summed E-state index contributed by atoms with van der Waals surface area (Å²) in [5.74, 6) is -1.84. The highest BCUT2D eigenvalue weighted by atomic mass is 19.3. The molecular weight excluding hydrogens is 380 g/mol. The van der Waals surface area contributed by atoms with Gasteiger partial charge in [0.25, 0.3) is 11.8 Å². The number of rotatable bonds is 10. The van der Waals surface area contributed by atoms with Crippen LogP contribution in [0, 0.1) is 11.8 Å². The van der Waals surface area contributed by atoms with Gasteiger partial charge in [-0.15, -0.1) is 0 Å². The van der Waals surface area contributed by atoms with Crippen LogP contribution in [0.25, 0.3) is 0 Å². The minimum atomic E-state index is -2.75. The van der Waals surface area contributed by atoms with Crippen LogP contribution in [0.3, 0.4) is 0 Å². The summed E-state index contributed by atoms with van der Waals surface area (Å²) in [4.78, 5) is 19.0. The number of alkyl halides is 2. The molecule has 3 fully saturated rings. The second kappa shape index (κ2) is 7.70. The topological polar surface area (TPSA) is 74.7 Å². The van der Waals surface area contributed by atoms with Gasteiger partial charge in [0.2, 0.25) is 5.88 Å². The molecule has 0 aromatic carbocycles. The lowest BCUT2D eigenvalue weighted by molar-refractivity contribution is -0.0264. The molecule has 1 aliphatic heterocycles. The monoisotopic (exact) mass is 409 g/mol. The minimum absolute atomic E-state index is 0.0795. The van der Waals surface area contributed by atoms with Crippen molar-refractivity contribution >= 4 is 11.6 Å². The Kier molecular flexibility index (Phi) is 5.40. The molecule has 1 saturated heterocycles. The maximum absolute atomic E-state index is 13.4. The quantitative estimate of drug-likeness (QED) is 0.621. The molecule has 3 aliphatic rings. The van der Waals surface area contributed by atoms with E-state index in [9.17, 15) is 18.7 Å². The lowest BCUT2D eigenvalue weighted by Crippen LogP contribution is -2.57. The predicted molar refractivity (Wildman–Crippen MR) is 105 cm³/mol. The number of ether oxygens (including phenoxy) is 1. The Hall–Kier alpha value is -1.96. The lowest BCUT2D eigenvalue weighted by atomic mass is 9.90. The number of nitrogens with zero attached hydrogens (tertiary/aromatic N) is 2. The number of hydrogen-bond donors (Lipinski definition) is 2. The van der Waals surface area contributed by atoms with Gasteiger partial charge >= 0.3 is 0 Å². The fourth-order valence-electron chi connectivity index (χ4n) is 3.78. The van der Waals surface area contributed by atoms with Crippen LogP contribution in [0.4, 0.5) is 14.5 Å². The molecule has 2 heterocycles. The van der Waals surface area contributed by atoms with Crippen molar-refractivity contribution in [1.82, 2.24) is 10.3 Å². The number of aromatic nitrogens is 1. The Morgan fingerprint density at radius 3 is 2.55 bits per heavy atom. The first-order valence-corrected chi connectivity index (χ1v) is 10.5. The van der Waals surface area contributed by atoms with Crippen LogP contribution in [0.2, 0.25) is 0 Å². The van der Waals surface area contributed by atoms with E-state index in [0.29, 0.717) is 42.9 Å². The Labute approximate surface area is 169 Å². The number of pyridine rings is 1. The SMILES string of the molecule is CC[C@@](CO)(CC1CC1)NC(=O)c1nc(OCC2CC2)ccc1N1CC(F)(F)C1. The molecular formula is C21H29F2N3O3. The zero-order valence-corrected chi connectivity index (χ0v) is 16.8. The average Bonchev–Trinajstić information content (AvgIpc) is 3.59. The first kappa shape index (κ1) is 20.3. The molecule has 2 N–H and O–H groups in total. The van der Waals surface area contributed by atoms with E-state index in [1.54, 1.807) is 12.1 Å². The number of aliphatic hydroxyl groups is 1. The van der Waals surface area contributed by atoms with Gasteiger partial charge in [0.15, 0.2) is 5.69 Å². The molecule has 160 valence electrons. The molecule has 1 atom stereocenters. The fourth-order valence-corrected chi connectivity index (χ4v) is 3.78. The normalized spacial score (nSPS) is 22.6. The Morgan fingerprint density at radius 2 is 2.00 bits per heavy atom. The second-order valence-electron chi connectivity index (χ2n) is 8.88. The van der Waals surface area contributed by atoms with E-state index in [1.807, 2.05) is 6.92 Å². The molecule has 4 rings (SSSR count). The maximum Gasteiger partial charge on any atom is 0.282 e. The van der Waals surface area contributed by atoms with E-state index >= 15 is 0 Å². The van der Waals surface area contributed by atoms with Gasteiger partial charge < -0.3 is 20.1 Å². The highest BCUT2D eigenvalue weighted by molar-refractivity contribution is 5.98. The van der Waals surface area contributed by atoms with Crippen LogP contribution in [0.15, 0.2) is 12.1 Å². The highest BCUT2D eigenvalue weighted by Crippen LogP contribution is 2.39. The number of aliphatic hydroxyl groups excluding tert-OH is 1. The van der Waals surface area contributed by atoms with Gasteiger partial charge in [-0.3, -0.25) is 4.79 Å². The third-order valence-corrected chi connectivity index (χ3v) is 6.15. The zero-order chi connectivity index (χ0) is 20.6. The molecule has 29 heavy (non-hydrogen) atoms. The molecule has 1 amide bonds.